The fourth-order valence-corrected chi connectivity index (χ4v) is 2.69. The second kappa shape index (κ2) is 7.61. The van der Waals surface area contributed by atoms with Gasteiger partial charge in [0.1, 0.15) is 5.75 Å². The molecule has 0 aliphatic heterocycles. The molecule has 0 saturated carbocycles. The SMILES string of the molecule is CCCc1cc(=O)[nH]c(N/N=C/c2c(OC)ccc3ccccc23)n1. The highest BCUT2D eigenvalue weighted by molar-refractivity contribution is 6.02. The number of H-pyrrole nitrogens is 1. The number of benzene rings is 2. The van der Waals surface area contributed by atoms with Crippen LogP contribution in [0.2, 0.25) is 0 Å². The minimum Gasteiger partial charge on any atom is -0.496 e. The number of rotatable bonds is 6. The maximum atomic E-state index is 11.7. The molecule has 0 aliphatic rings. The molecule has 0 fully saturated rings. The summed E-state index contributed by atoms with van der Waals surface area (Å²) in [5.41, 5.74) is 4.20. The van der Waals surface area contributed by atoms with Crippen LogP contribution in [-0.2, 0) is 6.42 Å². The van der Waals surface area contributed by atoms with E-state index >= 15 is 0 Å². The maximum Gasteiger partial charge on any atom is 0.252 e. The summed E-state index contributed by atoms with van der Waals surface area (Å²) in [5.74, 6) is 1.05. The Bertz CT molecular complexity index is 963. The third-order valence-corrected chi connectivity index (χ3v) is 3.82. The summed E-state index contributed by atoms with van der Waals surface area (Å²) < 4.78 is 5.43. The number of aryl methyl sites for hydroxylation is 1. The van der Waals surface area contributed by atoms with Crippen LogP contribution in [0.5, 0.6) is 5.75 Å². The summed E-state index contributed by atoms with van der Waals surface area (Å²) in [6.45, 7) is 2.04. The smallest absolute Gasteiger partial charge is 0.252 e. The van der Waals surface area contributed by atoms with Crippen molar-refractivity contribution in [3.05, 3.63) is 64.1 Å². The molecule has 128 valence electrons. The van der Waals surface area contributed by atoms with E-state index in [9.17, 15) is 4.79 Å². The predicted octanol–water partition coefficient (Wildman–Crippen LogP) is 3.33. The molecule has 6 heteroatoms. The molecule has 0 saturated heterocycles. The fourth-order valence-electron chi connectivity index (χ4n) is 2.69. The van der Waals surface area contributed by atoms with E-state index in [-0.39, 0.29) is 5.56 Å². The summed E-state index contributed by atoms with van der Waals surface area (Å²) in [5, 5.41) is 6.36. The summed E-state index contributed by atoms with van der Waals surface area (Å²) in [7, 11) is 1.63. The lowest BCUT2D eigenvalue weighted by Crippen LogP contribution is -2.12. The lowest BCUT2D eigenvalue weighted by Gasteiger charge is -2.08. The summed E-state index contributed by atoms with van der Waals surface area (Å²) in [6.07, 6.45) is 3.35. The first kappa shape index (κ1) is 16.7. The molecule has 0 amide bonds. The zero-order valence-electron chi connectivity index (χ0n) is 14.2. The Morgan fingerprint density at radius 1 is 1.28 bits per heavy atom. The molecule has 2 aromatic carbocycles. The first-order valence-electron chi connectivity index (χ1n) is 8.16. The zero-order chi connectivity index (χ0) is 17.6. The van der Waals surface area contributed by atoms with Gasteiger partial charge in [-0.05, 0) is 23.3 Å². The van der Waals surface area contributed by atoms with Crippen LogP contribution >= 0.6 is 0 Å². The van der Waals surface area contributed by atoms with Gasteiger partial charge in [0.25, 0.3) is 5.56 Å². The molecular weight excluding hydrogens is 316 g/mol. The topological polar surface area (TPSA) is 79.4 Å². The third kappa shape index (κ3) is 3.85. The molecule has 1 aromatic heterocycles. The average Bonchev–Trinajstić information content (AvgIpc) is 2.61. The molecule has 3 rings (SSSR count). The Hall–Kier alpha value is -3.15. The fraction of sp³-hybridized carbons (Fsp3) is 0.211. The van der Waals surface area contributed by atoms with Gasteiger partial charge in [-0.1, -0.05) is 43.7 Å². The quantitative estimate of drug-likeness (QED) is 0.534. The van der Waals surface area contributed by atoms with Crippen LogP contribution in [0, 0.1) is 0 Å². The van der Waals surface area contributed by atoms with Gasteiger partial charge in [-0.2, -0.15) is 5.10 Å². The molecule has 0 spiro atoms. The van der Waals surface area contributed by atoms with Crippen molar-refractivity contribution in [1.82, 2.24) is 9.97 Å². The highest BCUT2D eigenvalue weighted by Crippen LogP contribution is 2.26. The average molecular weight is 336 g/mol. The Labute approximate surface area is 145 Å². The van der Waals surface area contributed by atoms with Crippen molar-refractivity contribution >= 4 is 22.9 Å². The van der Waals surface area contributed by atoms with Gasteiger partial charge in [-0.3, -0.25) is 9.78 Å². The first-order valence-corrected chi connectivity index (χ1v) is 8.16. The number of ether oxygens (including phenoxy) is 1. The van der Waals surface area contributed by atoms with E-state index in [2.05, 4.69) is 20.5 Å². The number of nitrogens with one attached hydrogen (secondary N) is 2. The molecule has 0 aliphatic carbocycles. The number of hydrazone groups is 1. The molecular formula is C19H20N4O2. The molecule has 3 aromatic rings. The summed E-state index contributed by atoms with van der Waals surface area (Å²) >= 11 is 0. The van der Waals surface area contributed by atoms with E-state index in [0.29, 0.717) is 5.95 Å². The lowest BCUT2D eigenvalue weighted by atomic mass is 10.0. The molecule has 25 heavy (non-hydrogen) atoms. The number of hydrogen-bond acceptors (Lipinski definition) is 5. The van der Waals surface area contributed by atoms with Gasteiger partial charge >= 0.3 is 0 Å². The maximum absolute atomic E-state index is 11.7. The van der Waals surface area contributed by atoms with Gasteiger partial charge < -0.3 is 4.74 Å². The van der Waals surface area contributed by atoms with Crippen LogP contribution in [0.1, 0.15) is 24.6 Å². The highest BCUT2D eigenvalue weighted by atomic mass is 16.5. The minimum absolute atomic E-state index is 0.195. The van der Waals surface area contributed by atoms with E-state index < -0.39 is 0 Å². The van der Waals surface area contributed by atoms with Gasteiger partial charge in [0.15, 0.2) is 0 Å². The van der Waals surface area contributed by atoms with Crippen molar-refractivity contribution in [1.29, 1.82) is 0 Å². The first-order chi connectivity index (χ1) is 12.2. The van der Waals surface area contributed by atoms with Gasteiger partial charge in [-0.25, -0.2) is 10.4 Å². The number of nitrogens with zero attached hydrogens (tertiary/aromatic N) is 2. The van der Waals surface area contributed by atoms with Crippen molar-refractivity contribution in [3.8, 4) is 5.75 Å². The van der Waals surface area contributed by atoms with Crippen molar-refractivity contribution in [2.24, 2.45) is 5.10 Å². The number of anilines is 1. The molecule has 0 radical (unpaired) electrons. The third-order valence-electron chi connectivity index (χ3n) is 3.82. The molecule has 0 atom stereocenters. The van der Waals surface area contributed by atoms with Crippen LogP contribution in [0.25, 0.3) is 10.8 Å². The Morgan fingerprint density at radius 3 is 2.92 bits per heavy atom. The van der Waals surface area contributed by atoms with E-state index in [1.165, 1.54) is 6.07 Å². The van der Waals surface area contributed by atoms with Gasteiger partial charge in [0.05, 0.1) is 13.3 Å². The van der Waals surface area contributed by atoms with Crippen molar-refractivity contribution in [3.63, 3.8) is 0 Å². The monoisotopic (exact) mass is 336 g/mol. The number of aromatic amines is 1. The van der Waals surface area contributed by atoms with Gasteiger partial charge in [0, 0.05) is 17.3 Å². The van der Waals surface area contributed by atoms with Crippen molar-refractivity contribution in [2.75, 3.05) is 12.5 Å². The number of aromatic nitrogens is 2. The largest absolute Gasteiger partial charge is 0.496 e. The summed E-state index contributed by atoms with van der Waals surface area (Å²) in [6, 6.07) is 13.4. The molecule has 6 nitrogen and oxygen atoms in total. The summed E-state index contributed by atoms with van der Waals surface area (Å²) in [4.78, 5) is 18.7. The van der Waals surface area contributed by atoms with Crippen LogP contribution in [0.4, 0.5) is 5.95 Å². The van der Waals surface area contributed by atoms with Gasteiger partial charge in [0.2, 0.25) is 5.95 Å². The van der Waals surface area contributed by atoms with Crippen molar-refractivity contribution < 1.29 is 4.74 Å². The molecule has 0 bridgehead atoms. The van der Waals surface area contributed by atoms with Crippen LogP contribution in [-0.4, -0.2) is 23.3 Å². The number of hydrogen-bond donors (Lipinski definition) is 2. The van der Waals surface area contributed by atoms with E-state index in [4.69, 9.17) is 4.74 Å². The van der Waals surface area contributed by atoms with Crippen molar-refractivity contribution in [2.45, 2.75) is 19.8 Å². The predicted molar refractivity (Wildman–Crippen MR) is 101 cm³/mol. The Balaban J connectivity index is 1.90. The molecule has 0 unspecified atom stereocenters. The van der Waals surface area contributed by atoms with E-state index in [1.807, 2.05) is 43.3 Å². The standard InChI is InChI=1S/C19H20N4O2/c1-3-6-14-11-18(24)22-19(21-14)23-20-12-16-15-8-5-4-7-13(15)9-10-17(16)25-2/h4-5,7-12H,3,6H2,1-2H3,(H2,21,22,23,24)/b20-12+. The van der Waals surface area contributed by atoms with Crippen LogP contribution in [0.15, 0.2) is 52.4 Å². The van der Waals surface area contributed by atoms with Crippen LogP contribution < -0.4 is 15.7 Å². The minimum atomic E-state index is -0.195. The Morgan fingerprint density at radius 2 is 2.12 bits per heavy atom. The Kier molecular flexibility index (Phi) is 5.09. The highest BCUT2D eigenvalue weighted by Gasteiger charge is 2.06. The van der Waals surface area contributed by atoms with E-state index in [0.717, 1.165) is 40.6 Å². The van der Waals surface area contributed by atoms with Crippen LogP contribution in [0.3, 0.4) is 0 Å². The lowest BCUT2D eigenvalue weighted by molar-refractivity contribution is 0.415. The second-order valence-electron chi connectivity index (χ2n) is 5.61. The normalized spacial score (nSPS) is 11.1. The van der Waals surface area contributed by atoms with Gasteiger partial charge in [-0.15, -0.1) is 0 Å². The number of methoxy groups -OCH3 is 1. The number of fused-ring (bicyclic) bond motifs is 1. The second-order valence-corrected chi connectivity index (χ2v) is 5.61. The molecule has 2 N–H and O–H groups in total. The van der Waals surface area contributed by atoms with E-state index in [1.54, 1.807) is 13.3 Å². The zero-order valence-corrected chi connectivity index (χ0v) is 14.2. The molecule has 1 heterocycles.